The minimum Gasteiger partial charge on any atom is -0.497 e. The number of nitrogens with two attached hydrogens (primary N) is 1. The van der Waals surface area contributed by atoms with Gasteiger partial charge in [-0.15, -0.1) is 0 Å². The summed E-state index contributed by atoms with van der Waals surface area (Å²) >= 11 is 1.93. The Kier molecular flexibility index (Phi) is 6.38. The summed E-state index contributed by atoms with van der Waals surface area (Å²) in [5.41, 5.74) is 7.65. The first-order valence-corrected chi connectivity index (χ1v) is 13.0. The van der Waals surface area contributed by atoms with Crippen LogP contribution in [0.25, 0.3) is 0 Å². The number of rotatable bonds is 5. The van der Waals surface area contributed by atoms with E-state index in [2.05, 4.69) is 5.32 Å². The van der Waals surface area contributed by atoms with Crippen molar-refractivity contribution >= 4 is 52.5 Å². The zero-order chi connectivity index (χ0) is 26.4. The molecule has 1 aromatic heterocycles. The normalized spacial score (nSPS) is 20.4. The van der Waals surface area contributed by atoms with Crippen molar-refractivity contribution in [2.75, 3.05) is 12.4 Å². The van der Waals surface area contributed by atoms with Crippen molar-refractivity contribution in [2.45, 2.75) is 29.7 Å². The fourth-order valence-corrected chi connectivity index (χ4v) is 7.40. The van der Waals surface area contributed by atoms with Gasteiger partial charge in [0.05, 0.1) is 18.1 Å². The van der Waals surface area contributed by atoms with Crippen molar-refractivity contribution in [1.82, 2.24) is 9.47 Å². The van der Waals surface area contributed by atoms with E-state index >= 15 is 0 Å². The van der Waals surface area contributed by atoms with Crippen molar-refractivity contribution in [3.05, 3.63) is 74.2 Å². The van der Waals surface area contributed by atoms with Crippen LogP contribution in [0.1, 0.15) is 21.9 Å². The van der Waals surface area contributed by atoms with Crippen molar-refractivity contribution in [1.29, 1.82) is 0 Å². The van der Waals surface area contributed by atoms with E-state index in [-0.39, 0.29) is 11.4 Å². The van der Waals surface area contributed by atoms with Gasteiger partial charge in [0.2, 0.25) is 11.8 Å². The molecule has 2 aliphatic heterocycles. The highest BCUT2D eigenvalue weighted by molar-refractivity contribution is 8.00. The number of hydrogen-bond donors (Lipinski definition) is 2. The number of aromatic nitrogens is 1. The molecule has 0 unspecified atom stereocenters. The molecule has 3 atom stereocenters. The maximum atomic E-state index is 13.2. The number of nitrogens with zero attached hydrogens (tertiary/aromatic N) is 2. The number of benzene rings is 2. The number of aryl methyl sites for hydroxylation is 1. The highest BCUT2D eigenvalue weighted by Gasteiger charge is 2.57. The van der Waals surface area contributed by atoms with E-state index < -0.39 is 40.8 Å². The molecule has 0 saturated carbocycles. The number of primary amides is 1. The van der Waals surface area contributed by atoms with Crippen LogP contribution in [-0.4, -0.2) is 45.6 Å². The smallest absolute Gasteiger partial charge is 0.328 e. The Morgan fingerprint density at radius 3 is 2.32 bits per heavy atom. The fraction of sp³-hybridized carbons (Fsp3) is 0.240. The van der Waals surface area contributed by atoms with Crippen molar-refractivity contribution in [3.63, 3.8) is 0 Å². The Morgan fingerprint density at radius 1 is 1.03 bits per heavy atom. The molecule has 0 aliphatic carbocycles. The second-order valence-corrected chi connectivity index (χ2v) is 10.8. The number of urea groups is 1. The first kappa shape index (κ1) is 24.8. The third-order valence-electron chi connectivity index (χ3n) is 6.38. The van der Waals surface area contributed by atoms with Crippen LogP contribution < -0.4 is 20.7 Å². The molecule has 2 aromatic carbocycles. The summed E-state index contributed by atoms with van der Waals surface area (Å²) in [6.07, 6.45) is 0. The highest BCUT2D eigenvalue weighted by Crippen LogP contribution is 2.53. The van der Waals surface area contributed by atoms with E-state index in [0.29, 0.717) is 31.8 Å². The number of thioether (sulfide) groups is 1. The average molecular weight is 539 g/mol. The summed E-state index contributed by atoms with van der Waals surface area (Å²) in [6.45, 7) is 1.65. The van der Waals surface area contributed by atoms with Crippen LogP contribution >= 0.6 is 23.1 Å². The number of anilines is 1. The van der Waals surface area contributed by atoms with Crippen LogP contribution in [0.4, 0.5) is 10.5 Å². The number of nitrogens with one attached hydrogen (secondary N) is 1. The quantitative estimate of drug-likeness (QED) is 0.476. The van der Waals surface area contributed by atoms with Crippen LogP contribution in [0.15, 0.2) is 58.4 Å². The van der Waals surface area contributed by atoms with E-state index in [0.717, 1.165) is 28.7 Å². The Bertz CT molecular complexity index is 1480. The molecule has 12 heteroatoms. The number of ether oxygens (including phenoxy) is 1. The second kappa shape index (κ2) is 9.52. The molecular weight excluding hydrogens is 516 g/mol. The maximum Gasteiger partial charge on any atom is 0.328 e. The summed E-state index contributed by atoms with van der Waals surface area (Å²) in [7, 11) is 1.53. The summed E-state index contributed by atoms with van der Waals surface area (Å²) in [5.74, 6) is -2.87. The molecule has 2 aliphatic rings. The van der Waals surface area contributed by atoms with Gasteiger partial charge in [0.1, 0.15) is 17.5 Å². The van der Waals surface area contributed by atoms with Gasteiger partial charge in [0, 0.05) is 16.5 Å². The number of carbonyl (C=O) groups excluding carboxylic acids is 4. The van der Waals surface area contributed by atoms with E-state index in [4.69, 9.17) is 10.5 Å². The standard InChI is InChI=1S/C25H22N4O6S2/c1-12-3-7-14(8-4-12)27-16(30)11-28-23-20(37-25(28)34)17(13-5-9-15(35-2)10-6-13)18-19(36-23)22(32)29(21(18)31)24(26)33/h3-10,17-19H,11H2,1-2H3,(H2,26,33)(H,27,30)/t17-,18+,19-/m0/s1. The largest absolute Gasteiger partial charge is 0.497 e. The Labute approximate surface area is 219 Å². The van der Waals surface area contributed by atoms with E-state index in [1.165, 1.54) is 11.7 Å². The molecule has 3 aromatic rings. The number of carbonyl (C=O) groups is 4. The maximum absolute atomic E-state index is 13.2. The molecule has 5 rings (SSSR count). The van der Waals surface area contributed by atoms with Gasteiger partial charge in [-0.25, -0.2) is 4.79 Å². The van der Waals surface area contributed by atoms with Crippen LogP contribution in [-0.2, 0) is 20.9 Å². The molecule has 0 bridgehead atoms. The van der Waals surface area contributed by atoms with Gasteiger partial charge in [-0.3, -0.25) is 23.7 Å². The van der Waals surface area contributed by atoms with Crippen molar-refractivity contribution in [2.24, 2.45) is 11.7 Å². The Morgan fingerprint density at radius 2 is 1.70 bits per heavy atom. The van der Waals surface area contributed by atoms with Gasteiger partial charge in [0.25, 0.3) is 5.91 Å². The molecule has 0 radical (unpaired) electrons. The van der Waals surface area contributed by atoms with E-state index in [1.807, 2.05) is 19.1 Å². The lowest BCUT2D eigenvalue weighted by Crippen LogP contribution is -2.41. The minimum atomic E-state index is -1.14. The molecule has 3 heterocycles. The number of fused-ring (bicyclic) bond motifs is 2. The average Bonchev–Trinajstić information content (AvgIpc) is 3.31. The molecule has 1 fully saturated rings. The lowest BCUT2D eigenvalue weighted by atomic mass is 9.83. The molecule has 1 saturated heterocycles. The number of thiazole rings is 1. The van der Waals surface area contributed by atoms with Gasteiger partial charge >= 0.3 is 10.9 Å². The summed E-state index contributed by atoms with van der Waals surface area (Å²) in [4.78, 5) is 64.8. The molecule has 10 nitrogen and oxygen atoms in total. The predicted octanol–water partition coefficient (Wildman–Crippen LogP) is 2.54. The van der Waals surface area contributed by atoms with Crippen molar-refractivity contribution < 1.29 is 23.9 Å². The summed E-state index contributed by atoms with van der Waals surface area (Å²) in [5, 5.41) is 2.22. The van der Waals surface area contributed by atoms with Crippen molar-refractivity contribution in [3.8, 4) is 5.75 Å². The number of imide groups is 3. The first-order valence-electron chi connectivity index (χ1n) is 11.3. The topological polar surface area (TPSA) is 141 Å². The molecule has 3 N–H and O–H groups in total. The summed E-state index contributed by atoms with van der Waals surface area (Å²) in [6, 6.07) is 13.0. The number of hydrogen-bond acceptors (Lipinski definition) is 8. The van der Waals surface area contributed by atoms with Crippen LogP contribution in [0.5, 0.6) is 5.75 Å². The third-order valence-corrected chi connectivity index (χ3v) is 8.99. The highest BCUT2D eigenvalue weighted by atomic mass is 32.2. The zero-order valence-corrected chi connectivity index (χ0v) is 21.4. The van der Waals surface area contributed by atoms with Gasteiger partial charge in [-0.1, -0.05) is 52.9 Å². The number of amides is 5. The van der Waals surface area contributed by atoms with Crippen LogP contribution in [0, 0.1) is 12.8 Å². The van der Waals surface area contributed by atoms with Gasteiger partial charge in [-0.2, -0.15) is 4.90 Å². The first-order chi connectivity index (χ1) is 17.7. The second-order valence-electron chi connectivity index (χ2n) is 8.70. The van der Waals surface area contributed by atoms with Crippen LogP contribution in [0.3, 0.4) is 0 Å². The Balaban J connectivity index is 1.55. The van der Waals surface area contributed by atoms with Crippen LogP contribution in [0.2, 0.25) is 0 Å². The number of likely N-dealkylation sites (tertiary alicyclic amines) is 1. The SMILES string of the molecule is COc1ccc([C@@H]2c3sc(=O)n(CC(=O)Nc4ccc(C)cc4)c3S[C@@H]3C(=O)N(C(N)=O)C(=O)[C@H]23)cc1. The van der Waals surface area contributed by atoms with E-state index in [1.54, 1.807) is 36.4 Å². The summed E-state index contributed by atoms with van der Waals surface area (Å²) < 4.78 is 6.54. The fourth-order valence-electron chi connectivity index (χ4n) is 4.62. The van der Waals surface area contributed by atoms with E-state index in [9.17, 15) is 24.0 Å². The lowest BCUT2D eigenvalue weighted by Gasteiger charge is -2.30. The molecule has 37 heavy (non-hydrogen) atoms. The molecule has 0 spiro atoms. The predicted molar refractivity (Wildman–Crippen MR) is 138 cm³/mol. The molecule has 5 amide bonds. The number of methoxy groups -OCH3 is 1. The van der Waals surface area contributed by atoms with Gasteiger partial charge in [0.15, 0.2) is 0 Å². The third kappa shape index (κ3) is 4.31. The minimum absolute atomic E-state index is 0.278. The monoisotopic (exact) mass is 538 g/mol. The molecule has 190 valence electrons. The zero-order valence-electron chi connectivity index (χ0n) is 19.8. The Hall–Kier alpha value is -3.90. The van der Waals surface area contributed by atoms with Gasteiger partial charge < -0.3 is 15.8 Å². The van der Waals surface area contributed by atoms with Gasteiger partial charge in [-0.05, 0) is 36.8 Å². The molecular formula is C25H22N4O6S2. The lowest BCUT2D eigenvalue weighted by molar-refractivity contribution is -0.135.